The Balaban J connectivity index is 2.18. The number of nitrogens with one attached hydrogen (secondary N) is 2. The van der Waals surface area contributed by atoms with E-state index in [-0.39, 0.29) is 23.9 Å². The molecule has 25 heavy (non-hydrogen) atoms. The summed E-state index contributed by atoms with van der Waals surface area (Å²) in [6, 6.07) is 7.76. The largest absolute Gasteiger partial charge is 0.351 e. The zero-order valence-corrected chi connectivity index (χ0v) is 16.4. The van der Waals surface area contributed by atoms with Gasteiger partial charge in [0.05, 0.1) is 11.6 Å². The molecular formula is C19H24BrN3O2. The maximum Gasteiger partial charge on any atom is 0.269 e. The summed E-state index contributed by atoms with van der Waals surface area (Å²) in [6.07, 6.45) is 2.16. The molecule has 5 nitrogen and oxygen atoms in total. The van der Waals surface area contributed by atoms with Crippen molar-refractivity contribution in [1.29, 1.82) is 0 Å². The van der Waals surface area contributed by atoms with Crippen LogP contribution in [0.3, 0.4) is 0 Å². The van der Waals surface area contributed by atoms with Crippen molar-refractivity contribution in [2.75, 3.05) is 0 Å². The third-order valence-corrected chi connectivity index (χ3v) is 4.93. The van der Waals surface area contributed by atoms with Crippen molar-refractivity contribution in [3.63, 3.8) is 0 Å². The molecule has 0 aliphatic heterocycles. The van der Waals surface area contributed by atoms with E-state index in [0.717, 1.165) is 34.1 Å². The first-order valence-corrected chi connectivity index (χ1v) is 9.43. The van der Waals surface area contributed by atoms with Crippen LogP contribution in [0.5, 0.6) is 0 Å². The maximum absolute atomic E-state index is 12.6. The molecule has 0 fully saturated rings. The molecule has 1 aromatic carbocycles. The zero-order valence-electron chi connectivity index (χ0n) is 14.9. The van der Waals surface area contributed by atoms with Crippen molar-refractivity contribution < 1.29 is 4.79 Å². The van der Waals surface area contributed by atoms with Crippen LogP contribution in [0.4, 0.5) is 0 Å². The molecule has 2 N–H and O–H groups in total. The van der Waals surface area contributed by atoms with Gasteiger partial charge in [0.25, 0.3) is 5.56 Å². The minimum atomic E-state index is -0.232. The van der Waals surface area contributed by atoms with Crippen LogP contribution in [0.2, 0.25) is 0 Å². The number of halogens is 1. The molecule has 0 aliphatic carbocycles. The van der Waals surface area contributed by atoms with Crippen molar-refractivity contribution >= 4 is 21.8 Å². The predicted molar refractivity (Wildman–Crippen MR) is 103 cm³/mol. The topological polar surface area (TPSA) is 74.8 Å². The molecule has 1 atom stereocenters. The van der Waals surface area contributed by atoms with Crippen LogP contribution >= 0.6 is 15.9 Å². The third kappa shape index (κ3) is 4.57. The number of aromatic nitrogens is 2. The predicted octanol–water partition coefficient (Wildman–Crippen LogP) is 3.47. The van der Waals surface area contributed by atoms with E-state index in [1.807, 2.05) is 45.0 Å². The Morgan fingerprint density at radius 3 is 2.40 bits per heavy atom. The van der Waals surface area contributed by atoms with Crippen molar-refractivity contribution in [2.24, 2.45) is 0 Å². The lowest BCUT2D eigenvalue weighted by atomic mass is 9.95. The van der Waals surface area contributed by atoms with Gasteiger partial charge in [-0.15, -0.1) is 0 Å². The first-order valence-electron chi connectivity index (χ1n) is 8.64. The highest BCUT2D eigenvalue weighted by Gasteiger charge is 2.20. The number of benzene rings is 1. The second kappa shape index (κ2) is 8.94. The highest BCUT2D eigenvalue weighted by atomic mass is 79.9. The summed E-state index contributed by atoms with van der Waals surface area (Å²) in [4.78, 5) is 24.8. The van der Waals surface area contributed by atoms with Crippen LogP contribution in [0, 0.1) is 0 Å². The smallest absolute Gasteiger partial charge is 0.269 e. The van der Waals surface area contributed by atoms with Crippen LogP contribution in [-0.2, 0) is 24.2 Å². The normalized spacial score (nSPS) is 12.0. The fourth-order valence-electron chi connectivity index (χ4n) is 3.03. The molecule has 0 bridgehead atoms. The van der Waals surface area contributed by atoms with Gasteiger partial charge in [0.2, 0.25) is 5.91 Å². The fraction of sp³-hybridized carbons (Fsp3) is 0.421. The van der Waals surface area contributed by atoms with Gasteiger partial charge >= 0.3 is 0 Å². The van der Waals surface area contributed by atoms with Crippen LogP contribution in [-0.4, -0.2) is 16.1 Å². The molecule has 0 saturated heterocycles. The van der Waals surface area contributed by atoms with Gasteiger partial charge < -0.3 is 5.32 Å². The van der Waals surface area contributed by atoms with Crippen LogP contribution in [0.25, 0.3) is 0 Å². The van der Waals surface area contributed by atoms with Crippen molar-refractivity contribution in [2.45, 2.75) is 52.5 Å². The second-order valence-corrected chi connectivity index (χ2v) is 6.81. The lowest BCUT2D eigenvalue weighted by Gasteiger charge is -2.17. The summed E-state index contributed by atoms with van der Waals surface area (Å²) < 4.78 is 0.981. The van der Waals surface area contributed by atoms with E-state index < -0.39 is 0 Å². The molecule has 2 rings (SSSR count). The number of hydrogen-bond acceptors (Lipinski definition) is 3. The molecule has 0 saturated carbocycles. The Labute approximate surface area is 156 Å². The van der Waals surface area contributed by atoms with E-state index in [1.54, 1.807) is 0 Å². The van der Waals surface area contributed by atoms with Gasteiger partial charge in [0.1, 0.15) is 0 Å². The summed E-state index contributed by atoms with van der Waals surface area (Å²) in [6.45, 7) is 6.21. The van der Waals surface area contributed by atoms with Gasteiger partial charge in [-0.2, -0.15) is 5.10 Å². The minimum absolute atomic E-state index is 0.0684. The summed E-state index contributed by atoms with van der Waals surface area (Å²) in [7, 11) is 0. The highest BCUT2D eigenvalue weighted by molar-refractivity contribution is 9.10. The number of carbonyl (C=O) groups is 1. The lowest BCUT2D eigenvalue weighted by molar-refractivity contribution is -0.122. The summed E-state index contributed by atoms with van der Waals surface area (Å²) in [5, 5.41) is 9.58. The van der Waals surface area contributed by atoms with Gasteiger partial charge in [0, 0.05) is 16.6 Å². The summed E-state index contributed by atoms with van der Waals surface area (Å²) in [5.74, 6) is -0.300. The van der Waals surface area contributed by atoms with E-state index in [1.165, 1.54) is 0 Å². The molecule has 1 aromatic heterocycles. The Morgan fingerprint density at radius 2 is 1.84 bits per heavy atom. The molecule has 6 heteroatoms. The number of H-pyrrole nitrogens is 1. The van der Waals surface area contributed by atoms with Gasteiger partial charge in [-0.25, -0.2) is 5.10 Å². The molecule has 2 aromatic rings. The molecule has 0 aliphatic rings. The second-order valence-electron chi connectivity index (χ2n) is 5.89. The fourth-order valence-corrected chi connectivity index (χ4v) is 3.29. The van der Waals surface area contributed by atoms with Gasteiger partial charge in [-0.3, -0.25) is 9.59 Å². The lowest BCUT2D eigenvalue weighted by Crippen LogP contribution is -2.32. The van der Waals surface area contributed by atoms with Gasteiger partial charge in [-0.1, -0.05) is 48.8 Å². The van der Waals surface area contributed by atoms with E-state index in [0.29, 0.717) is 12.0 Å². The van der Waals surface area contributed by atoms with E-state index in [9.17, 15) is 9.59 Å². The summed E-state index contributed by atoms with van der Waals surface area (Å²) in [5.41, 5.74) is 3.16. The quantitative estimate of drug-likeness (QED) is 0.740. The van der Waals surface area contributed by atoms with Crippen molar-refractivity contribution in [3.8, 4) is 0 Å². The Hall–Kier alpha value is -1.95. The number of carbonyl (C=O) groups excluding carboxylic acids is 1. The molecule has 1 amide bonds. The Morgan fingerprint density at radius 1 is 1.16 bits per heavy atom. The number of amides is 1. The maximum atomic E-state index is 12.6. The molecule has 1 unspecified atom stereocenters. The van der Waals surface area contributed by atoms with Crippen LogP contribution in [0.15, 0.2) is 33.5 Å². The number of rotatable bonds is 7. The van der Waals surface area contributed by atoms with Gasteiger partial charge in [0.15, 0.2) is 0 Å². The average Bonchev–Trinajstić information content (AvgIpc) is 2.62. The molecule has 0 spiro atoms. The number of nitrogens with zero attached hydrogens (tertiary/aromatic N) is 1. The van der Waals surface area contributed by atoms with E-state index in [4.69, 9.17) is 0 Å². The number of aryl methyl sites for hydroxylation is 1. The third-order valence-electron chi connectivity index (χ3n) is 4.40. The Bertz CT molecular complexity index is 784. The summed E-state index contributed by atoms with van der Waals surface area (Å²) >= 11 is 3.41. The first-order chi connectivity index (χ1) is 12.0. The molecular weight excluding hydrogens is 382 g/mol. The molecule has 0 radical (unpaired) electrons. The zero-order chi connectivity index (χ0) is 18.4. The van der Waals surface area contributed by atoms with Crippen molar-refractivity contribution in [1.82, 2.24) is 15.5 Å². The van der Waals surface area contributed by atoms with E-state index >= 15 is 0 Å². The molecule has 1 heterocycles. The van der Waals surface area contributed by atoms with Crippen LogP contribution < -0.4 is 10.9 Å². The molecule has 134 valence electrons. The SMILES string of the molecule is CCc1n[nH]c(=O)c(CNC(=O)C(CC)c2ccc(Br)cc2)c1CC. The minimum Gasteiger partial charge on any atom is -0.351 e. The first kappa shape index (κ1) is 19.4. The van der Waals surface area contributed by atoms with Gasteiger partial charge in [-0.05, 0) is 42.5 Å². The standard InChI is InChI=1S/C19H24BrN3O2/c1-4-14(12-7-9-13(20)10-8-12)18(24)21-11-16-15(5-2)17(6-3)22-23-19(16)25/h7-10,14H,4-6,11H2,1-3H3,(H,21,24)(H,23,25). The Kier molecular flexibility index (Phi) is 6.93. The van der Waals surface area contributed by atoms with Crippen molar-refractivity contribution in [3.05, 3.63) is 61.5 Å². The van der Waals surface area contributed by atoms with E-state index in [2.05, 4.69) is 31.4 Å². The number of hydrogen-bond donors (Lipinski definition) is 2. The van der Waals surface area contributed by atoms with Crippen LogP contribution in [0.1, 0.15) is 55.5 Å². The monoisotopic (exact) mass is 405 g/mol. The number of aromatic amines is 1. The highest BCUT2D eigenvalue weighted by Crippen LogP contribution is 2.22. The average molecular weight is 406 g/mol.